The van der Waals surface area contributed by atoms with Crippen molar-refractivity contribution in [3.05, 3.63) is 73.3 Å². The summed E-state index contributed by atoms with van der Waals surface area (Å²) >= 11 is 0. The number of amides is 1. The molecule has 0 saturated carbocycles. The molecule has 2 aromatic carbocycles. The maximum absolute atomic E-state index is 13.8. The van der Waals surface area contributed by atoms with Gasteiger partial charge in [0.15, 0.2) is 11.5 Å². The summed E-state index contributed by atoms with van der Waals surface area (Å²) in [5.74, 6) is 0.418. The van der Waals surface area contributed by atoms with Gasteiger partial charge in [-0.25, -0.2) is 9.37 Å². The maximum atomic E-state index is 13.8. The third-order valence-electron chi connectivity index (χ3n) is 6.38. The number of benzene rings is 2. The summed E-state index contributed by atoms with van der Waals surface area (Å²) < 4.78 is 15.5. The fraction of sp³-hybridized carbons (Fsp3) is 0.231. The number of hydrogen-bond donors (Lipinski definition) is 2. The number of hydrogen-bond acceptors (Lipinski definition) is 7. The van der Waals surface area contributed by atoms with E-state index < -0.39 is 0 Å². The highest BCUT2D eigenvalue weighted by molar-refractivity contribution is 6.01. The summed E-state index contributed by atoms with van der Waals surface area (Å²) in [5.41, 5.74) is 3.48. The highest BCUT2D eigenvalue weighted by atomic mass is 19.1. The molecule has 0 bridgehead atoms. The predicted molar refractivity (Wildman–Crippen MR) is 139 cm³/mol. The number of carbonyl (C=O) groups is 1. The zero-order valence-corrected chi connectivity index (χ0v) is 20.1. The largest absolute Gasteiger partial charge is 0.369 e. The minimum Gasteiger partial charge on any atom is -0.369 e. The van der Waals surface area contributed by atoms with Crippen molar-refractivity contribution in [1.29, 1.82) is 0 Å². The van der Waals surface area contributed by atoms with Gasteiger partial charge in [-0.1, -0.05) is 18.7 Å². The van der Waals surface area contributed by atoms with Gasteiger partial charge >= 0.3 is 0 Å². The predicted octanol–water partition coefficient (Wildman–Crippen LogP) is 3.94. The minimum absolute atomic E-state index is 0.283. The molecule has 0 spiro atoms. The van der Waals surface area contributed by atoms with Crippen molar-refractivity contribution < 1.29 is 9.18 Å². The van der Waals surface area contributed by atoms with E-state index >= 15 is 0 Å². The lowest BCUT2D eigenvalue weighted by atomic mass is 10.1. The van der Waals surface area contributed by atoms with Crippen LogP contribution in [0, 0.1) is 5.82 Å². The Morgan fingerprint density at radius 3 is 2.86 bits per heavy atom. The van der Waals surface area contributed by atoms with Crippen molar-refractivity contribution in [3.63, 3.8) is 0 Å². The van der Waals surface area contributed by atoms with Gasteiger partial charge in [-0.15, -0.1) is 10.2 Å². The van der Waals surface area contributed by atoms with Crippen LogP contribution in [0.2, 0.25) is 0 Å². The number of carbonyl (C=O) groups excluding carboxylic acids is 1. The first-order chi connectivity index (χ1) is 17.4. The van der Waals surface area contributed by atoms with Crippen LogP contribution < -0.4 is 15.5 Å². The molecular weight excluding hydrogens is 459 g/mol. The van der Waals surface area contributed by atoms with Crippen molar-refractivity contribution >= 4 is 34.4 Å². The molecule has 1 atom stereocenters. The van der Waals surface area contributed by atoms with Crippen LogP contribution in [0.3, 0.4) is 0 Å². The molecule has 2 N–H and O–H groups in total. The van der Waals surface area contributed by atoms with Gasteiger partial charge in [0.1, 0.15) is 11.6 Å². The number of likely N-dealkylation sites (N-methyl/N-ethyl adjacent to an activating group) is 2. The fourth-order valence-electron chi connectivity index (χ4n) is 4.47. The SMILES string of the molecule is C=CC(=O)Nc1cc(Nc2cn3c(-c4cccc(F)c4)nnc3cn2)ccc1N(C)C1CCN(C)C1. The normalized spacial score (nSPS) is 15.7. The first kappa shape index (κ1) is 23.4. The average molecular weight is 487 g/mol. The van der Waals surface area contributed by atoms with Crippen molar-refractivity contribution in [1.82, 2.24) is 24.5 Å². The molecule has 184 valence electrons. The second kappa shape index (κ2) is 9.74. The molecule has 5 rings (SSSR count). The Kier molecular flexibility index (Phi) is 6.34. The van der Waals surface area contributed by atoms with Crippen LogP contribution in [-0.4, -0.2) is 63.6 Å². The van der Waals surface area contributed by atoms with Crippen LogP contribution in [0.1, 0.15) is 6.42 Å². The van der Waals surface area contributed by atoms with E-state index in [1.54, 1.807) is 28.9 Å². The van der Waals surface area contributed by atoms with Crippen LogP contribution >= 0.6 is 0 Å². The van der Waals surface area contributed by atoms with Crippen LogP contribution in [0.4, 0.5) is 27.3 Å². The van der Waals surface area contributed by atoms with Gasteiger partial charge in [0.25, 0.3) is 0 Å². The molecule has 10 heteroatoms. The lowest BCUT2D eigenvalue weighted by Crippen LogP contribution is -2.34. The number of rotatable bonds is 7. The molecule has 36 heavy (non-hydrogen) atoms. The smallest absolute Gasteiger partial charge is 0.247 e. The van der Waals surface area contributed by atoms with Gasteiger partial charge in [0.2, 0.25) is 5.91 Å². The van der Waals surface area contributed by atoms with Crippen LogP contribution in [0.25, 0.3) is 17.0 Å². The number of aromatic nitrogens is 4. The Morgan fingerprint density at radius 1 is 1.25 bits per heavy atom. The first-order valence-electron chi connectivity index (χ1n) is 11.6. The molecule has 1 saturated heterocycles. The number of likely N-dealkylation sites (tertiary alicyclic amines) is 1. The standard InChI is InChI=1S/C26H27FN8O/c1-4-25(36)30-21-13-19(8-9-22(21)34(3)20-10-11-33(2)15-20)29-23-16-35-24(14-28-23)31-32-26(35)17-6-5-7-18(27)12-17/h4-9,12-14,16,20,29H,1,10-11,15H2,2-3H3,(H,30,36). The van der Waals surface area contributed by atoms with E-state index in [1.807, 2.05) is 25.2 Å². The van der Waals surface area contributed by atoms with Gasteiger partial charge in [-0.2, -0.15) is 0 Å². The molecule has 0 aliphatic carbocycles. The van der Waals surface area contributed by atoms with Crippen molar-refractivity contribution in [2.75, 3.05) is 42.7 Å². The van der Waals surface area contributed by atoms with Gasteiger partial charge in [-0.05, 0) is 56.4 Å². The van der Waals surface area contributed by atoms with E-state index in [1.165, 1.54) is 18.2 Å². The second-order valence-electron chi connectivity index (χ2n) is 8.90. The van der Waals surface area contributed by atoms with Gasteiger partial charge in [0, 0.05) is 30.9 Å². The molecule has 9 nitrogen and oxygen atoms in total. The van der Waals surface area contributed by atoms with Crippen LogP contribution in [0.5, 0.6) is 0 Å². The molecule has 1 amide bonds. The highest BCUT2D eigenvalue weighted by Crippen LogP contribution is 2.32. The fourth-order valence-corrected chi connectivity index (χ4v) is 4.47. The quantitative estimate of drug-likeness (QED) is 0.383. The molecule has 3 heterocycles. The van der Waals surface area contributed by atoms with Gasteiger partial charge in [0.05, 0.1) is 23.8 Å². The lowest BCUT2D eigenvalue weighted by Gasteiger charge is -2.29. The third-order valence-corrected chi connectivity index (χ3v) is 6.38. The molecule has 1 aliphatic heterocycles. The zero-order chi connectivity index (χ0) is 25.2. The van der Waals surface area contributed by atoms with E-state index in [0.29, 0.717) is 34.6 Å². The molecule has 4 aromatic rings. The summed E-state index contributed by atoms with van der Waals surface area (Å²) in [4.78, 5) is 21.1. The van der Waals surface area contributed by atoms with Crippen molar-refractivity contribution in [3.8, 4) is 11.4 Å². The van der Waals surface area contributed by atoms with Crippen LogP contribution in [-0.2, 0) is 4.79 Å². The topological polar surface area (TPSA) is 90.7 Å². The zero-order valence-electron chi connectivity index (χ0n) is 20.1. The number of nitrogens with zero attached hydrogens (tertiary/aromatic N) is 6. The molecule has 1 unspecified atom stereocenters. The Morgan fingerprint density at radius 2 is 2.11 bits per heavy atom. The third kappa shape index (κ3) is 4.76. The summed E-state index contributed by atoms with van der Waals surface area (Å²) in [7, 11) is 4.16. The summed E-state index contributed by atoms with van der Waals surface area (Å²) in [6.45, 7) is 5.58. The molecular formula is C26H27FN8O. The van der Waals surface area contributed by atoms with Crippen molar-refractivity contribution in [2.24, 2.45) is 0 Å². The second-order valence-corrected chi connectivity index (χ2v) is 8.90. The van der Waals surface area contributed by atoms with E-state index in [4.69, 9.17) is 0 Å². The number of anilines is 4. The Hall–Kier alpha value is -4.31. The molecule has 1 fully saturated rings. The Labute approximate surface area is 208 Å². The number of halogens is 1. The highest BCUT2D eigenvalue weighted by Gasteiger charge is 2.25. The van der Waals surface area contributed by atoms with Crippen LogP contribution in [0.15, 0.2) is 67.5 Å². The Balaban J connectivity index is 1.45. The minimum atomic E-state index is -0.347. The molecule has 2 aromatic heterocycles. The summed E-state index contributed by atoms with van der Waals surface area (Å²) in [6.07, 6.45) is 5.66. The first-order valence-corrected chi connectivity index (χ1v) is 11.6. The average Bonchev–Trinajstić information content (AvgIpc) is 3.50. The van der Waals surface area contributed by atoms with Crippen molar-refractivity contribution in [2.45, 2.75) is 12.5 Å². The van der Waals surface area contributed by atoms with Gasteiger partial charge < -0.3 is 20.4 Å². The molecule has 1 aliphatic rings. The van der Waals surface area contributed by atoms with E-state index in [9.17, 15) is 9.18 Å². The van der Waals surface area contributed by atoms with E-state index in [0.717, 1.165) is 30.9 Å². The Bertz CT molecular complexity index is 1430. The van der Waals surface area contributed by atoms with Gasteiger partial charge in [-0.3, -0.25) is 9.20 Å². The molecule has 0 radical (unpaired) electrons. The number of nitrogens with one attached hydrogen (secondary N) is 2. The summed E-state index contributed by atoms with van der Waals surface area (Å²) in [6, 6.07) is 12.4. The number of fused-ring (bicyclic) bond motifs is 1. The summed E-state index contributed by atoms with van der Waals surface area (Å²) in [5, 5.41) is 14.6. The van der Waals surface area contributed by atoms with E-state index in [2.05, 4.69) is 49.2 Å². The maximum Gasteiger partial charge on any atom is 0.247 e. The lowest BCUT2D eigenvalue weighted by molar-refractivity contribution is -0.111. The monoisotopic (exact) mass is 486 g/mol. The van der Waals surface area contributed by atoms with E-state index in [-0.39, 0.29) is 11.7 Å².